The number of hydrogen-bond donors (Lipinski definition) is 2. The molecule has 0 saturated heterocycles. The van der Waals surface area contributed by atoms with E-state index in [1.165, 1.54) is 21.3 Å². The van der Waals surface area contributed by atoms with Crippen molar-refractivity contribution in [3.8, 4) is 28.7 Å². The molecule has 1 heterocycles. The number of likely N-dealkylation sites (N-methyl/N-ethyl adjacent to an activating group) is 1. The summed E-state index contributed by atoms with van der Waals surface area (Å²) < 4.78 is 23.3. The van der Waals surface area contributed by atoms with E-state index < -0.39 is 0 Å². The first-order valence-electron chi connectivity index (χ1n) is 9.08. The molecule has 160 valence electrons. The number of carbonyl (C=O) groups is 1. The molecule has 0 aliphatic heterocycles. The van der Waals surface area contributed by atoms with Gasteiger partial charge in [-0.2, -0.15) is 4.68 Å². The van der Waals surface area contributed by atoms with E-state index in [4.69, 9.17) is 30.8 Å². The van der Waals surface area contributed by atoms with Crippen LogP contribution in [-0.2, 0) is 11.5 Å². The highest BCUT2D eigenvalue weighted by Crippen LogP contribution is 2.40. The fourth-order valence-corrected chi connectivity index (χ4v) is 2.96. The quantitative estimate of drug-likeness (QED) is 0.616. The molecule has 2 aromatic rings. The molecule has 0 bridgehead atoms. The summed E-state index contributed by atoms with van der Waals surface area (Å²) in [5.74, 6) is 1.72. The number of benzene rings is 1. The molecule has 29 heavy (non-hydrogen) atoms. The predicted octanol–water partition coefficient (Wildman–Crippen LogP) is 1.29. The molecule has 10 heteroatoms. The second-order valence-electron chi connectivity index (χ2n) is 7.68. The fraction of sp³-hybridized carbons (Fsp3) is 0.526. The SMILES string of the molecule is COc1cc(-c2nn(C[NH+](C)CC(=O)NC(C)(C)C)c(=S)o2)cc(OC)c1OC. The van der Waals surface area contributed by atoms with Crippen molar-refractivity contribution in [2.75, 3.05) is 34.9 Å². The van der Waals surface area contributed by atoms with E-state index in [2.05, 4.69) is 10.4 Å². The van der Waals surface area contributed by atoms with Crippen molar-refractivity contribution in [3.05, 3.63) is 17.0 Å². The molecule has 1 aromatic heterocycles. The first-order chi connectivity index (χ1) is 13.6. The lowest BCUT2D eigenvalue weighted by Gasteiger charge is -2.21. The zero-order chi connectivity index (χ0) is 21.8. The second kappa shape index (κ2) is 9.27. The third-order valence-electron chi connectivity index (χ3n) is 3.91. The van der Waals surface area contributed by atoms with Crippen molar-refractivity contribution in [1.82, 2.24) is 15.1 Å². The van der Waals surface area contributed by atoms with Crippen LogP contribution in [0.5, 0.6) is 17.2 Å². The molecular weight excluding hydrogens is 396 g/mol. The van der Waals surface area contributed by atoms with Crippen LogP contribution in [0.1, 0.15) is 20.8 Å². The van der Waals surface area contributed by atoms with Crippen LogP contribution in [0.2, 0.25) is 0 Å². The average Bonchev–Trinajstić information content (AvgIpc) is 2.98. The molecule has 1 unspecified atom stereocenters. The van der Waals surface area contributed by atoms with Gasteiger partial charge in [0.25, 0.3) is 10.7 Å². The maximum absolute atomic E-state index is 12.1. The second-order valence-corrected chi connectivity index (χ2v) is 8.03. The lowest BCUT2D eigenvalue weighted by atomic mass is 10.1. The van der Waals surface area contributed by atoms with Crippen molar-refractivity contribution < 1.29 is 28.3 Å². The third-order valence-corrected chi connectivity index (χ3v) is 4.21. The van der Waals surface area contributed by atoms with Gasteiger partial charge in [0.15, 0.2) is 24.7 Å². The first kappa shape index (κ1) is 22.7. The number of nitrogens with zero attached hydrogens (tertiary/aromatic N) is 2. The summed E-state index contributed by atoms with van der Waals surface area (Å²) in [5, 5.41) is 7.39. The Morgan fingerprint density at radius 3 is 2.28 bits per heavy atom. The monoisotopic (exact) mass is 425 g/mol. The van der Waals surface area contributed by atoms with Crippen LogP contribution in [0.3, 0.4) is 0 Å². The minimum absolute atomic E-state index is 0.0464. The van der Waals surface area contributed by atoms with Crippen molar-refractivity contribution in [3.63, 3.8) is 0 Å². The number of quaternary nitrogens is 1. The number of carbonyl (C=O) groups excluding carboxylic acids is 1. The smallest absolute Gasteiger partial charge is 0.292 e. The zero-order valence-electron chi connectivity index (χ0n) is 17.9. The molecule has 0 aliphatic carbocycles. The highest BCUT2D eigenvalue weighted by Gasteiger charge is 2.20. The van der Waals surface area contributed by atoms with Gasteiger partial charge in [0, 0.05) is 11.1 Å². The first-order valence-corrected chi connectivity index (χ1v) is 9.49. The minimum atomic E-state index is -0.277. The molecule has 0 saturated carbocycles. The van der Waals surface area contributed by atoms with E-state index in [0.29, 0.717) is 35.4 Å². The summed E-state index contributed by atoms with van der Waals surface area (Å²) in [6.45, 7) is 6.49. The van der Waals surface area contributed by atoms with E-state index in [9.17, 15) is 4.79 Å². The van der Waals surface area contributed by atoms with Crippen LogP contribution in [0.25, 0.3) is 11.5 Å². The highest BCUT2D eigenvalue weighted by atomic mass is 32.1. The topological polar surface area (TPSA) is 92.2 Å². The Balaban J connectivity index is 2.22. The summed E-state index contributed by atoms with van der Waals surface area (Å²) in [7, 11) is 6.50. The average molecular weight is 426 g/mol. The van der Waals surface area contributed by atoms with E-state index >= 15 is 0 Å². The van der Waals surface area contributed by atoms with Gasteiger partial charge in [0.2, 0.25) is 11.6 Å². The van der Waals surface area contributed by atoms with Gasteiger partial charge in [0.05, 0.1) is 28.4 Å². The molecule has 2 N–H and O–H groups in total. The zero-order valence-corrected chi connectivity index (χ0v) is 18.7. The normalized spacial score (nSPS) is 12.4. The van der Waals surface area contributed by atoms with E-state index in [1.54, 1.807) is 16.8 Å². The molecule has 1 amide bonds. The molecule has 0 radical (unpaired) electrons. The molecule has 2 rings (SSSR count). The number of amides is 1. The van der Waals surface area contributed by atoms with Crippen molar-refractivity contribution in [2.45, 2.75) is 33.0 Å². The Morgan fingerprint density at radius 2 is 1.79 bits per heavy atom. The fourth-order valence-electron chi connectivity index (χ4n) is 2.78. The summed E-state index contributed by atoms with van der Waals surface area (Å²) >= 11 is 5.30. The van der Waals surface area contributed by atoms with Crippen LogP contribution in [0.4, 0.5) is 0 Å². The standard InChI is InChI=1S/C19H28N4O5S/c1-19(2,3)20-15(24)10-22(4)11-23-18(29)28-17(21-23)12-8-13(25-5)16(27-7)14(9-12)26-6/h8-9H,10-11H2,1-7H3,(H,20,24)/p+1. The number of aromatic nitrogens is 2. The summed E-state index contributed by atoms with van der Waals surface area (Å²) in [6, 6.07) is 3.47. The molecular formula is C19H29N4O5S+. The van der Waals surface area contributed by atoms with Crippen molar-refractivity contribution >= 4 is 18.1 Å². The van der Waals surface area contributed by atoms with E-state index in [1.807, 2.05) is 27.8 Å². The van der Waals surface area contributed by atoms with Gasteiger partial charge in [-0.1, -0.05) is 0 Å². The van der Waals surface area contributed by atoms with Gasteiger partial charge < -0.3 is 28.8 Å². The maximum Gasteiger partial charge on any atom is 0.292 e. The molecule has 0 fully saturated rings. The number of methoxy groups -OCH3 is 3. The Bertz CT molecular complexity index is 891. The van der Waals surface area contributed by atoms with Gasteiger partial charge in [-0.25, -0.2) is 0 Å². The highest BCUT2D eigenvalue weighted by molar-refractivity contribution is 7.71. The number of ether oxygens (including phenoxy) is 3. The van der Waals surface area contributed by atoms with Crippen molar-refractivity contribution in [1.29, 1.82) is 0 Å². The van der Waals surface area contributed by atoms with Gasteiger partial charge in [-0.15, -0.1) is 5.10 Å². The molecule has 1 atom stereocenters. The number of rotatable bonds is 8. The summed E-state index contributed by atoms with van der Waals surface area (Å²) in [4.78, 5) is 13.2. The van der Waals surface area contributed by atoms with E-state index in [0.717, 1.165) is 4.90 Å². The lowest BCUT2D eigenvalue weighted by Crippen LogP contribution is -3.09. The van der Waals surface area contributed by atoms with Crippen LogP contribution < -0.4 is 24.4 Å². The van der Waals surface area contributed by atoms with Crippen LogP contribution >= 0.6 is 12.2 Å². The Kier molecular flexibility index (Phi) is 7.26. The van der Waals surface area contributed by atoms with Crippen LogP contribution in [0, 0.1) is 4.84 Å². The van der Waals surface area contributed by atoms with Crippen LogP contribution in [0.15, 0.2) is 16.5 Å². The Labute approximate surface area is 175 Å². The van der Waals surface area contributed by atoms with Gasteiger partial charge in [-0.05, 0) is 45.1 Å². The van der Waals surface area contributed by atoms with Crippen LogP contribution in [-0.4, -0.2) is 56.1 Å². The summed E-state index contributed by atoms with van der Waals surface area (Å²) in [5.41, 5.74) is 0.355. The lowest BCUT2D eigenvalue weighted by molar-refractivity contribution is -0.895. The predicted molar refractivity (Wildman–Crippen MR) is 110 cm³/mol. The Hall–Kier alpha value is -2.59. The third kappa shape index (κ3) is 5.94. The van der Waals surface area contributed by atoms with Gasteiger partial charge in [-0.3, -0.25) is 4.79 Å². The number of nitrogens with one attached hydrogen (secondary N) is 2. The van der Waals surface area contributed by atoms with Crippen molar-refractivity contribution in [2.24, 2.45) is 0 Å². The minimum Gasteiger partial charge on any atom is -0.493 e. The summed E-state index contributed by atoms with van der Waals surface area (Å²) in [6.07, 6.45) is 0. The van der Waals surface area contributed by atoms with E-state index in [-0.39, 0.29) is 22.8 Å². The molecule has 0 aliphatic rings. The molecule has 1 aromatic carbocycles. The van der Waals surface area contributed by atoms with Gasteiger partial charge in [0.1, 0.15) is 0 Å². The van der Waals surface area contributed by atoms with Gasteiger partial charge >= 0.3 is 0 Å². The molecule has 9 nitrogen and oxygen atoms in total. The largest absolute Gasteiger partial charge is 0.493 e. The Morgan fingerprint density at radius 1 is 1.21 bits per heavy atom. The molecule has 0 spiro atoms. The maximum atomic E-state index is 12.1. The number of hydrogen-bond acceptors (Lipinski definition) is 7.